The molecule has 0 amide bonds. The minimum Gasteiger partial charge on any atom is -0.499 e. The van der Waals surface area contributed by atoms with Crippen LogP contribution >= 0.6 is 34.8 Å². The van der Waals surface area contributed by atoms with Crippen molar-refractivity contribution in [1.82, 2.24) is 0 Å². The van der Waals surface area contributed by atoms with Crippen LogP contribution in [0.25, 0.3) is 0 Å². The quantitative estimate of drug-likeness (QED) is 0.467. The molecule has 8 heteroatoms. The topological polar surface area (TPSA) is 60.3 Å². The van der Waals surface area contributed by atoms with Crippen molar-refractivity contribution >= 4 is 40.7 Å². The van der Waals surface area contributed by atoms with E-state index in [0.29, 0.717) is 22.1 Å². The van der Waals surface area contributed by atoms with Crippen molar-refractivity contribution in [3.8, 4) is 23.5 Å². The molecule has 122 valence electrons. The van der Waals surface area contributed by atoms with Gasteiger partial charge in [0.25, 0.3) is 0 Å². The van der Waals surface area contributed by atoms with E-state index in [1.54, 1.807) is 12.1 Å². The van der Waals surface area contributed by atoms with Crippen LogP contribution in [0.5, 0.6) is 11.5 Å². The third-order valence-corrected chi connectivity index (χ3v) is 3.47. The number of benzene rings is 1. The lowest BCUT2D eigenvalue weighted by molar-refractivity contribution is 0.352. The number of methoxy groups -OCH3 is 1. The van der Waals surface area contributed by atoms with E-state index in [9.17, 15) is 0 Å². The monoisotopic (exact) mass is 375 g/mol. The van der Waals surface area contributed by atoms with Gasteiger partial charge in [-0.05, 0) is 23.6 Å². The predicted molar refractivity (Wildman–Crippen MR) is 90.0 cm³/mol. The molecule has 5 nitrogen and oxygen atoms in total. The fourth-order valence-corrected chi connectivity index (χ4v) is 2.26. The van der Waals surface area contributed by atoms with Crippen molar-refractivity contribution in [2.45, 2.75) is 6.04 Å². The zero-order valence-electron chi connectivity index (χ0n) is 12.0. The Bertz CT molecular complexity index is 703. The summed E-state index contributed by atoms with van der Waals surface area (Å²) in [5, 5.41) is 8.87. The molecule has 1 aliphatic heterocycles. The summed E-state index contributed by atoms with van der Waals surface area (Å²) in [6, 6.07) is 2.84. The molecule has 23 heavy (non-hydrogen) atoms. The second kappa shape index (κ2) is 8.21. The van der Waals surface area contributed by atoms with E-state index in [1.165, 1.54) is 13.2 Å². The molecule has 2 rings (SSSR count). The van der Waals surface area contributed by atoms with E-state index < -0.39 is 0 Å². The van der Waals surface area contributed by atoms with Crippen molar-refractivity contribution in [2.24, 2.45) is 4.99 Å². The number of aliphatic imine (C=N–C) groups is 1. The average Bonchev–Trinajstić information content (AvgIpc) is 2.54. The van der Waals surface area contributed by atoms with Gasteiger partial charge in [0.15, 0.2) is 5.22 Å². The molecule has 1 aromatic carbocycles. The van der Waals surface area contributed by atoms with Gasteiger partial charge in [0.1, 0.15) is 30.3 Å². The number of aliphatic hydroxyl groups excluding tert-OH is 1. The summed E-state index contributed by atoms with van der Waals surface area (Å²) < 4.78 is 16.0. The first-order valence-corrected chi connectivity index (χ1v) is 7.70. The fraction of sp³-hybridized carbons (Fsp3) is 0.267. The number of ether oxygens (including phenoxy) is 3. The number of hydrogen-bond donors (Lipinski definition) is 1. The van der Waals surface area contributed by atoms with Crippen LogP contribution in [0, 0.1) is 12.0 Å². The van der Waals surface area contributed by atoms with Crippen LogP contribution < -0.4 is 9.47 Å². The van der Waals surface area contributed by atoms with Crippen LogP contribution in [0.4, 0.5) is 0 Å². The molecule has 0 saturated carbocycles. The van der Waals surface area contributed by atoms with Crippen molar-refractivity contribution in [3.63, 3.8) is 0 Å². The minimum atomic E-state index is -0.371. The molecular weight excluding hydrogens is 365 g/mol. The summed E-state index contributed by atoms with van der Waals surface area (Å²) in [7, 11) is 1.48. The van der Waals surface area contributed by atoms with Gasteiger partial charge in [-0.2, -0.15) is 0 Å². The van der Waals surface area contributed by atoms with Gasteiger partial charge in [-0.3, -0.25) is 0 Å². The molecule has 0 saturated heterocycles. The number of alkyl halides is 1. The second-order valence-electron chi connectivity index (χ2n) is 4.28. The first-order valence-electron chi connectivity index (χ1n) is 6.41. The SMILES string of the molecule is COc1c(Cl)cc(OC/C=C(/O)Cl)cc1C1=NC(CCl)C#CO1. The summed E-state index contributed by atoms with van der Waals surface area (Å²) in [4.78, 5) is 4.29. The molecule has 0 radical (unpaired) electrons. The molecule has 1 unspecified atom stereocenters. The van der Waals surface area contributed by atoms with Crippen LogP contribution in [0.2, 0.25) is 5.02 Å². The maximum atomic E-state index is 8.92. The van der Waals surface area contributed by atoms with Gasteiger partial charge in [-0.15, -0.1) is 11.6 Å². The highest BCUT2D eigenvalue weighted by molar-refractivity contribution is 6.33. The van der Waals surface area contributed by atoms with E-state index in [0.717, 1.165) is 0 Å². The Kier molecular flexibility index (Phi) is 6.28. The molecule has 0 bridgehead atoms. The first kappa shape index (κ1) is 17.6. The van der Waals surface area contributed by atoms with E-state index >= 15 is 0 Å². The van der Waals surface area contributed by atoms with Gasteiger partial charge in [-0.25, -0.2) is 4.99 Å². The summed E-state index contributed by atoms with van der Waals surface area (Å²) in [5.74, 6) is 4.03. The zero-order valence-corrected chi connectivity index (χ0v) is 14.2. The number of nitrogens with zero attached hydrogens (tertiary/aromatic N) is 1. The van der Waals surface area contributed by atoms with Crippen molar-refractivity contribution in [1.29, 1.82) is 0 Å². The van der Waals surface area contributed by atoms with E-state index in [2.05, 4.69) is 17.0 Å². The summed E-state index contributed by atoms with van der Waals surface area (Å²) in [5.41, 5.74) is 0.484. The van der Waals surface area contributed by atoms with Gasteiger partial charge in [0.05, 0.1) is 23.6 Å². The van der Waals surface area contributed by atoms with Crippen molar-refractivity contribution in [3.05, 3.63) is 34.0 Å². The van der Waals surface area contributed by atoms with E-state index in [-0.39, 0.29) is 29.6 Å². The first-order chi connectivity index (χ1) is 11.0. The van der Waals surface area contributed by atoms with E-state index in [1.807, 2.05) is 0 Å². The molecule has 1 N–H and O–H groups in total. The van der Waals surface area contributed by atoms with Gasteiger partial charge in [-0.1, -0.05) is 11.6 Å². The largest absolute Gasteiger partial charge is 0.499 e. The normalized spacial score (nSPS) is 16.8. The Balaban J connectivity index is 2.35. The van der Waals surface area contributed by atoms with Crippen LogP contribution in [-0.2, 0) is 4.74 Å². The Morgan fingerprint density at radius 3 is 2.96 bits per heavy atom. The van der Waals surface area contributed by atoms with Crippen LogP contribution in [0.15, 0.2) is 28.4 Å². The molecule has 0 aromatic heterocycles. The molecule has 1 aliphatic rings. The van der Waals surface area contributed by atoms with Gasteiger partial charge in [0, 0.05) is 12.1 Å². The molecule has 1 heterocycles. The van der Waals surface area contributed by atoms with Crippen LogP contribution in [0.1, 0.15) is 5.56 Å². The standard InChI is InChI=1S/C15H12Cl3NO4/c1-21-14-11(15-19-9(8-16)2-4-23-15)6-10(7-12(14)17)22-5-3-13(18)20/h3,6-7,9,20H,5,8H2,1H3/b13-3+. The summed E-state index contributed by atoms with van der Waals surface area (Å²) in [6.07, 6.45) is 3.81. The number of halogens is 3. The summed E-state index contributed by atoms with van der Waals surface area (Å²) >= 11 is 17.3. The predicted octanol–water partition coefficient (Wildman–Crippen LogP) is 3.71. The fourth-order valence-electron chi connectivity index (χ4n) is 1.77. The van der Waals surface area contributed by atoms with Crippen molar-refractivity contribution in [2.75, 3.05) is 19.6 Å². The Morgan fingerprint density at radius 1 is 1.52 bits per heavy atom. The molecule has 1 atom stereocenters. The number of aliphatic hydroxyl groups is 1. The number of rotatable bonds is 6. The highest BCUT2D eigenvalue weighted by Gasteiger charge is 2.20. The lowest BCUT2D eigenvalue weighted by Gasteiger charge is -2.15. The molecule has 0 spiro atoms. The third kappa shape index (κ3) is 4.61. The highest BCUT2D eigenvalue weighted by atomic mass is 35.5. The van der Waals surface area contributed by atoms with Crippen LogP contribution in [-0.4, -0.2) is 36.6 Å². The Morgan fingerprint density at radius 2 is 2.30 bits per heavy atom. The Labute approximate surface area is 148 Å². The lowest BCUT2D eigenvalue weighted by atomic mass is 10.1. The maximum absolute atomic E-state index is 8.92. The summed E-state index contributed by atoms with van der Waals surface area (Å²) in [6.45, 7) is 0.0644. The molecule has 1 aromatic rings. The van der Waals surface area contributed by atoms with Gasteiger partial charge < -0.3 is 19.3 Å². The van der Waals surface area contributed by atoms with E-state index in [4.69, 9.17) is 54.1 Å². The maximum Gasteiger partial charge on any atom is 0.238 e. The molecular formula is C15H12Cl3NO4. The van der Waals surface area contributed by atoms with Crippen LogP contribution in [0.3, 0.4) is 0 Å². The minimum absolute atomic E-state index is 0.0644. The number of hydrogen-bond acceptors (Lipinski definition) is 5. The van der Waals surface area contributed by atoms with Gasteiger partial charge in [0.2, 0.25) is 5.90 Å². The second-order valence-corrected chi connectivity index (χ2v) is 5.38. The Hall–Kier alpha value is -1.74. The molecule has 0 fully saturated rings. The van der Waals surface area contributed by atoms with Gasteiger partial charge >= 0.3 is 0 Å². The third-order valence-electron chi connectivity index (χ3n) is 2.75. The smallest absolute Gasteiger partial charge is 0.238 e. The average molecular weight is 377 g/mol. The zero-order chi connectivity index (χ0) is 16.8. The highest BCUT2D eigenvalue weighted by Crippen LogP contribution is 2.34. The van der Waals surface area contributed by atoms with Crippen molar-refractivity contribution < 1.29 is 19.3 Å². The lowest BCUT2D eigenvalue weighted by Crippen LogP contribution is -2.16. The molecule has 0 aliphatic carbocycles.